The number of aryl methyl sites for hydroxylation is 2. The molecule has 144 valence electrons. The van der Waals surface area contributed by atoms with Crippen molar-refractivity contribution in [1.82, 2.24) is 5.32 Å². The Morgan fingerprint density at radius 2 is 1.63 bits per heavy atom. The highest BCUT2D eigenvalue weighted by atomic mass is 16.5. The lowest BCUT2D eigenvalue weighted by Crippen LogP contribution is -2.31. The van der Waals surface area contributed by atoms with E-state index < -0.39 is 5.97 Å². The summed E-state index contributed by atoms with van der Waals surface area (Å²) in [6.07, 6.45) is 1.04. The van der Waals surface area contributed by atoms with E-state index in [1.807, 2.05) is 39.0 Å². The lowest BCUT2D eigenvalue weighted by atomic mass is 10.00. The molecule has 0 bridgehead atoms. The van der Waals surface area contributed by atoms with Crippen LogP contribution in [0.4, 0.5) is 0 Å². The highest BCUT2D eigenvalue weighted by Gasteiger charge is 2.14. The van der Waals surface area contributed by atoms with E-state index in [2.05, 4.69) is 31.3 Å². The van der Waals surface area contributed by atoms with Crippen molar-refractivity contribution in [3.63, 3.8) is 0 Å². The minimum absolute atomic E-state index is 0.147. The monoisotopic (exact) mass is 367 g/mol. The molecule has 2 aromatic carbocycles. The lowest BCUT2D eigenvalue weighted by Gasteiger charge is -2.15. The zero-order chi connectivity index (χ0) is 20.0. The smallest absolute Gasteiger partial charge is 0.338 e. The molecule has 0 fully saturated rings. The fraction of sp³-hybridized carbons (Fsp3) is 0.391. The fourth-order valence-corrected chi connectivity index (χ4v) is 2.86. The number of rotatable bonds is 7. The van der Waals surface area contributed by atoms with E-state index >= 15 is 0 Å². The summed E-state index contributed by atoms with van der Waals surface area (Å²) in [6, 6.07) is 13.5. The van der Waals surface area contributed by atoms with E-state index in [9.17, 15) is 9.59 Å². The number of carbonyl (C=O) groups is 2. The maximum Gasteiger partial charge on any atom is 0.338 e. The summed E-state index contributed by atoms with van der Waals surface area (Å²) in [5.74, 6) is -0.190. The molecule has 2 rings (SSSR count). The van der Waals surface area contributed by atoms with Gasteiger partial charge in [0.15, 0.2) is 6.61 Å². The molecule has 0 saturated carbocycles. The Hall–Kier alpha value is -2.62. The molecule has 0 spiro atoms. The molecular formula is C23H29NO3. The minimum atomic E-state index is -0.487. The number of ether oxygens (including phenoxy) is 1. The maximum absolute atomic E-state index is 12.1. The van der Waals surface area contributed by atoms with Gasteiger partial charge in [-0.15, -0.1) is 0 Å². The van der Waals surface area contributed by atoms with Gasteiger partial charge < -0.3 is 10.1 Å². The zero-order valence-corrected chi connectivity index (χ0v) is 16.8. The molecule has 0 saturated heterocycles. The molecule has 27 heavy (non-hydrogen) atoms. The quantitative estimate of drug-likeness (QED) is 0.731. The third kappa shape index (κ3) is 6.24. The molecule has 1 N–H and O–H groups in total. The first-order valence-corrected chi connectivity index (χ1v) is 9.39. The summed E-state index contributed by atoms with van der Waals surface area (Å²) in [6.45, 7) is 9.93. The van der Waals surface area contributed by atoms with Gasteiger partial charge in [0.25, 0.3) is 5.91 Å². The van der Waals surface area contributed by atoms with E-state index in [-0.39, 0.29) is 18.6 Å². The molecule has 1 amide bonds. The van der Waals surface area contributed by atoms with Crippen LogP contribution in [0.5, 0.6) is 0 Å². The van der Waals surface area contributed by atoms with E-state index in [1.165, 1.54) is 5.56 Å². The third-order valence-electron chi connectivity index (χ3n) is 4.58. The molecule has 1 atom stereocenters. The first kappa shape index (κ1) is 20.7. The first-order chi connectivity index (χ1) is 12.8. The summed E-state index contributed by atoms with van der Waals surface area (Å²) < 4.78 is 5.13. The number of esters is 1. The van der Waals surface area contributed by atoms with Crippen LogP contribution in [-0.4, -0.2) is 18.5 Å². The van der Waals surface area contributed by atoms with Gasteiger partial charge in [-0.3, -0.25) is 4.79 Å². The lowest BCUT2D eigenvalue weighted by molar-refractivity contribution is -0.124. The predicted molar refractivity (Wildman–Crippen MR) is 108 cm³/mol. The predicted octanol–water partition coefficient (Wildman–Crippen LogP) is 4.54. The van der Waals surface area contributed by atoms with Crippen molar-refractivity contribution < 1.29 is 14.3 Å². The van der Waals surface area contributed by atoms with Crippen LogP contribution in [0, 0.1) is 19.8 Å². The highest BCUT2D eigenvalue weighted by molar-refractivity contribution is 5.91. The van der Waals surface area contributed by atoms with Crippen LogP contribution < -0.4 is 5.32 Å². The van der Waals surface area contributed by atoms with Crippen molar-refractivity contribution in [2.24, 2.45) is 5.92 Å². The van der Waals surface area contributed by atoms with E-state index in [1.54, 1.807) is 12.1 Å². The van der Waals surface area contributed by atoms with Crippen molar-refractivity contribution in [3.8, 4) is 0 Å². The summed E-state index contributed by atoms with van der Waals surface area (Å²) in [7, 11) is 0. The largest absolute Gasteiger partial charge is 0.452 e. The Morgan fingerprint density at radius 3 is 2.22 bits per heavy atom. The molecule has 0 aromatic heterocycles. The van der Waals surface area contributed by atoms with Gasteiger partial charge in [0.1, 0.15) is 0 Å². The van der Waals surface area contributed by atoms with Crippen LogP contribution in [-0.2, 0) is 16.0 Å². The van der Waals surface area contributed by atoms with Crippen molar-refractivity contribution in [1.29, 1.82) is 0 Å². The van der Waals surface area contributed by atoms with Gasteiger partial charge in [-0.25, -0.2) is 4.79 Å². The van der Waals surface area contributed by atoms with Crippen molar-refractivity contribution in [2.45, 2.75) is 47.1 Å². The molecular weight excluding hydrogens is 338 g/mol. The zero-order valence-electron chi connectivity index (χ0n) is 16.8. The Bertz CT molecular complexity index is 794. The number of hydrogen-bond acceptors (Lipinski definition) is 3. The van der Waals surface area contributed by atoms with Crippen LogP contribution in [0.15, 0.2) is 42.5 Å². The highest BCUT2D eigenvalue weighted by Crippen LogP contribution is 2.16. The van der Waals surface area contributed by atoms with Crippen molar-refractivity contribution >= 4 is 11.9 Å². The van der Waals surface area contributed by atoms with Crippen LogP contribution in [0.2, 0.25) is 0 Å². The number of benzene rings is 2. The topological polar surface area (TPSA) is 55.4 Å². The van der Waals surface area contributed by atoms with Gasteiger partial charge in [0.2, 0.25) is 0 Å². The van der Waals surface area contributed by atoms with Gasteiger partial charge in [-0.2, -0.15) is 0 Å². The van der Waals surface area contributed by atoms with Crippen LogP contribution >= 0.6 is 0 Å². The van der Waals surface area contributed by atoms with Gasteiger partial charge in [-0.05, 0) is 67.5 Å². The molecule has 4 nitrogen and oxygen atoms in total. The average molecular weight is 367 g/mol. The van der Waals surface area contributed by atoms with E-state index in [0.29, 0.717) is 11.5 Å². The Balaban J connectivity index is 1.85. The third-order valence-corrected chi connectivity index (χ3v) is 4.58. The number of amides is 1. The molecule has 0 aliphatic carbocycles. The summed E-state index contributed by atoms with van der Waals surface area (Å²) in [5.41, 5.74) is 4.89. The molecule has 2 aromatic rings. The average Bonchev–Trinajstić information content (AvgIpc) is 2.62. The van der Waals surface area contributed by atoms with Gasteiger partial charge in [0, 0.05) is 0 Å². The van der Waals surface area contributed by atoms with E-state index in [0.717, 1.165) is 23.1 Å². The van der Waals surface area contributed by atoms with Gasteiger partial charge in [0.05, 0.1) is 11.6 Å². The number of hydrogen-bond donors (Lipinski definition) is 1. The van der Waals surface area contributed by atoms with Crippen LogP contribution in [0.1, 0.15) is 59.4 Å². The summed E-state index contributed by atoms with van der Waals surface area (Å²) >= 11 is 0. The second kappa shape index (κ2) is 9.36. The van der Waals surface area contributed by atoms with Crippen molar-refractivity contribution in [3.05, 3.63) is 70.3 Å². The Morgan fingerprint density at radius 1 is 0.963 bits per heavy atom. The van der Waals surface area contributed by atoms with Crippen LogP contribution in [0.25, 0.3) is 0 Å². The second-order valence-corrected chi connectivity index (χ2v) is 7.50. The first-order valence-electron chi connectivity index (χ1n) is 9.39. The maximum atomic E-state index is 12.1. The van der Waals surface area contributed by atoms with Gasteiger partial charge in [-0.1, -0.05) is 44.2 Å². The normalized spacial score (nSPS) is 11.9. The Labute approximate surface area is 161 Å². The Kier molecular flexibility index (Phi) is 7.17. The SMILES string of the molecule is Cc1ccc(C(=O)OCC(=O)N[C@H](C)c2ccc(CC(C)C)cc2)cc1C. The van der Waals surface area contributed by atoms with Gasteiger partial charge >= 0.3 is 5.97 Å². The molecule has 0 radical (unpaired) electrons. The molecule has 4 heteroatoms. The second-order valence-electron chi connectivity index (χ2n) is 7.50. The summed E-state index contributed by atoms with van der Waals surface area (Å²) in [5, 5.41) is 2.87. The van der Waals surface area contributed by atoms with Crippen molar-refractivity contribution in [2.75, 3.05) is 6.61 Å². The minimum Gasteiger partial charge on any atom is -0.452 e. The molecule has 0 unspecified atom stereocenters. The number of carbonyl (C=O) groups excluding carboxylic acids is 2. The van der Waals surface area contributed by atoms with E-state index in [4.69, 9.17) is 4.74 Å². The molecule has 0 aliphatic rings. The van der Waals surface area contributed by atoms with Crippen LogP contribution in [0.3, 0.4) is 0 Å². The summed E-state index contributed by atoms with van der Waals surface area (Å²) in [4.78, 5) is 24.2. The standard InChI is InChI=1S/C23H29NO3/c1-15(2)12-19-7-10-20(11-8-19)18(5)24-22(25)14-27-23(26)21-9-6-16(3)17(4)13-21/h6-11,13,15,18H,12,14H2,1-5H3,(H,24,25)/t18-/m1/s1. The fourth-order valence-electron chi connectivity index (χ4n) is 2.86. The number of nitrogens with one attached hydrogen (secondary N) is 1. The molecule has 0 heterocycles. The molecule has 0 aliphatic heterocycles.